The van der Waals surface area contributed by atoms with Gasteiger partial charge in [-0.05, 0) is 68.6 Å². The summed E-state index contributed by atoms with van der Waals surface area (Å²) < 4.78 is 17.2. The van der Waals surface area contributed by atoms with Gasteiger partial charge in [0.25, 0.3) is 11.8 Å². The maximum atomic E-state index is 13.1. The largest absolute Gasteiger partial charge is 0.490 e. The van der Waals surface area contributed by atoms with Gasteiger partial charge in [-0.2, -0.15) is 0 Å². The summed E-state index contributed by atoms with van der Waals surface area (Å²) in [4.78, 5) is 30.6. The first kappa shape index (κ1) is 26.3. The molecule has 2 heterocycles. The van der Waals surface area contributed by atoms with Gasteiger partial charge in [0.2, 0.25) is 5.75 Å². The summed E-state index contributed by atoms with van der Waals surface area (Å²) in [6.07, 6.45) is 0. The fourth-order valence-corrected chi connectivity index (χ4v) is 4.89. The summed E-state index contributed by atoms with van der Waals surface area (Å²) in [5.74, 6) is 1.30. The van der Waals surface area contributed by atoms with Crippen molar-refractivity contribution in [3.63, 3.8) is 0 Å². The Morgan fingerprint density at radius 3 is 2.03 bits per heavy atom. The average molecular weight is 524 g/mol. The summed E-state index contributed by atoms with van der Waals surface area (Å²) in [5.41, 5.74) is 2.16. The fraction of sp³-hybridized carbons (Fsp3) is 0.357. The van der Waals surface area contributed by atoms with Crippen LogP contribution in [0.1, 0.15) is 40.8 Å². The van der Waals surface area contributed by atoms with E-state index >= 15 is 0 Å². The fourth-order valence-electron chi connectivity index (χ4n) is 4.20. The highest BCUT2D eigenvalue weighted by Gasteiger charge is 2.23. The Bertz CT molecular complexity index is 1160. The van der Waals surface area contributed by atoms with Crippen LogP contribution < -0.4 is 24.4 Å². The van der Waals surface area contributed by atoms with Gasteiger partial charge in [-0.3, -0.25) is 9.59 Å². The second-order valence-electron chi connectivity index (χ2n) is 8.36. The molecular formula is C28H33N3O5S. The zero-order chi connectivity index (χ0) is 26.2. The van der Waals surface area contributed by atoms with E-state index in [1.165, 1.54) is 11.3 Å². The molecule has 0 saturated carbocycles. The molecule has 0 aliphatic carbocycles. The molecule has 1 aliphatic rings. The maximum Gasteiger partial charge on any atom is 0.264 e. The second-order valence-corrected chi connectivity index (χ2v) is 9.31. The molecule has 8 nitrogen and oxygen atoms in total. The van der Waals surface area contributed by atoms with Crippen LogP contribution in [0.5, 0.6) is 17.2 Å². The maximum absolute atomic E-state index is 13.1. The zero-order valence-corrected chi connectivity index (χ0v) is 22.3. The van der Waals surface area contributed by atoms with Crippen LogP contribution in [0, 0.1) is 0 Å². The topological polar surface area (TPSA) is 80.3 Å². The third-order valence-corrected chi connectivity index (χ3v) is 6.82. The van der Waals surface area contributed by atoms with Gasteiger partial charge in [-0.25, -0.2) is 0 Å². The quantitative estimate of drug-likeness (QED) is 0.396. The lowest BCUT2D eigenvalue weighted by Crippen LogP contribution is -2.48. The Labute approximate surface area is 221 Å². The summed E-state index contributed by atoms with van der Waals surface area (Å²) in [7, 11) is 0. The normalized spacial score (nSPS) is 13.3. The number of thiophene rings is 1. The minimum Gasteiger partial charge on any atom is -0.490 e. The van der Waals surface area contributed by atoms with Gasteiger partial charge in [0.05, 0.1) is 24.7 Å². The molecular weight excluding hydrogens is 490 g/mol. The molecule has 1 aromatic heterocycles. The standard InChI is InChI=1S/C28H33N3O5S/c1-4-34-23-18-20(19-24(35-5-2)26(23)36-6-3)27(32)29-21-9-11-22(12-10-21)30-13-15-31(16-14-30)28(33)25-8-7-17-37-25/h7-12,17-19H,4-6,13-16H2,1-3H3,(H,29,32). The number of nitrogens with one attached hydrogen (secondary N) is 1. The SMILES string of the molecule is CCOc1cc(C(=O)Nc2ccc(N3CCN(C(=O)c4cccs4)CC3)cc2)cc(OCC)c1OCC. The number of piperazine rings is 1. The number of anilines is 2. The lowest BCUT2D eigenvalue weighted by Gasteiger charge is -2.36. The highest BCUT2D eigenvalue weighted by Crippen LogP contribution is 2.39. The van der Waals surface area contributed by atoms with Crippen LogP contribution in [0.3, 0.4) is 0 Å². The Morgan fingerprint density at radius 2 is 1.49 bits per heavy atom. The van der Waals surface area contributed by atoms with E-state index in [2.05, 4.69) is 10.2 Å². The molecule has 1 aliphatic heterocycles. The Morgan fingerprint density at radius 1 is 0.865 bits per heavy atom. The summed E-state index contributed by atoms with van der Waals surface area (Å²) in [6.45, 7) is 9.86. The minimum atomic E-state index is -0.265. The van der Waals surface area contributed by atoms with E-state index < -0.39 is 0 Å². The van der Waals surface area contributed by atoms with Gasteiger partial charge in [0.1, 0.15) is 0 Å². The molecule has 196 valence electrons. The molecule has 4 rings (SSSR count). The molecule has 0 spiro atoms. The number of carbonyl (C=O) groups is 2. The lowest BCUT2D eigenvalue weighted by atomic mass is 10.1. The number of nitrogens with zero attached hydrogens (tertiary/aromatic N) is 2. The van der Waals surface area contributed by atoms with Crippen molar-refractivity contribution in [2.45, 2.75) is 20.8 Å². The average Bonchev–Trinajstić information content (AvgIpc) is 3.46. The van der Waals surface area contributed by atoms with Crippen LogP contribution in [0.15, 0.2) is 53.9 Å². The second kappa shape index (κ2) is 12.5. The smallest absolute Gasteiger partial charge is 0.264 e. The number of hydrogen-bond donors (Lipinski definition) is 1. The Hall–Kier alpha value is -3.72. The van der Waals surface area contributed by atoms with Gasteiger partial charge in [-0.1, -0.05) is 6.07 Å². The number of benzene rings is 2. The van der Waals surface area contributed by atoms with Gasteiger partial charge < -0.3 is 29.3 Å². The van der Waals surface area contributed by atoms with E-state index in [1.807, 2.05) is 67.4 Å². The van der Waals surface area contributed by atoms with Crippen molar-refractivity contribution in [2.75, 3.05) is 56.2 Å². The van der Waals surface area contributed by atoms with Crippen molar-refractivity contribution >= 4 is 34.5 Å². The molecule has 37 heavy (non-hydrogen) atoms. The number of carbonyl (C=O) groups excluding carboxylic acids is 2. The van der Waals surface area contributed by atoms with Crippen LogP contribution in [-0.2, 0) is 0 Å². The van der Waals surface area contributed by atoms with Crippen LogP contribution >= 0.6 is 11.3 Å². The molecule has 3 aromatic rings. The molecule has 9 heteroatoms. The van der Waals surface area contributed by atoms with Crippen molar-refractivity contribution in [1.29, 1.82) is 0 Å². The van der Waals surface area contributed by atoms with E-state index in [1.54, 1.807) is 12.1 Å². The van der Waals surface area contributed by atoms with Crippen molar-refractivity contribution < 1.29 is 23.8 Å². The number of amides is 2. The monoisotopic (exact) mass is 523 g/mol. The summed E-state index contributed by atoms with van der Waals surface area (Å²) in [5, 5.41) is 4.88. The summed E-state index contributed by atoms with van der Waals surface area (Å²) in [6, 6.07) is 14.9. The van der Waals surface area contributed by atoms with E-state index in [0.29, 0.717) is 61.4 Å². The molecule has 1 N–H and O–H groups in total. The molecule has 2 aromatic carbocycles. The molecule has 0 radical (unpaired) electrons. The van der Waals surface area contributed by atoms with Crippen LogP contribution in [0.25, 0.3) is 0 Å². The van der Waals surface area contributed by atoms with Crippen molar-refractivity contribution in [2.24, 2.45) is 0 Å². The Balaban J connectivity index is 1.40. The van der Waals surface area contributed by atoms with E-state index in [-0.39, 0.29) is 11.8 Å². The number of rotatable bonds is 10. The van der Waals surface area contributed by atoms with E-state index in [0.717, 1.165) is 23.7 Å². The molecule has 1 saturated heterocycles. The first-order valence-electron chi connectivity index (χ1n) is 12.6. The number of ether oxygens (including phenoxy) is 3. The van der Waals surface area contributed by atoms with Crippen molar-refractivity contribution in [1.82, 2.24) is 4.90 Å². The van der Waals surface area contributed by atoms with Gasteiger partial charge in [0.15, 0.2) is 11.5 Å². The molecule has 0 bridgehead atoms. The van der Waals surface area contributed by atoms with E-state index in [4.69, 9.17) is 14.2 Å². The minimum absolute atomic E-state index is 0.0991. The van der Waals surface area contributed by atoms with Gasteiger partial charge >= 0.3 is 0 Å². The molecule has 1 fully saturated rings. The molecule has 0 atom stereocenters. The predicted octanol–water partition coefficient (Wildman–Crippen LogP) is 5.16. The molecule has 0 unspecified atom stereocenters. The third-order valence-electron chi connectivity index (χ3n) is 5.96. The summed E-state index contributed by atoms with van der Waals surface area (Å²) >= 11 is 1.48. The first-order chi connectivity index (χ1) is 18.0. The zero-order valence-electron chi connectivity index (χ0n) is 21.5. The first-order valence-corrected chi connectivity index (χ1v) is 13.5. The third kappa shape index (κ3) is 6.35. The highest BCUT2D eigenvalue weighted by molar-refractivity contribution is 7.12. The Kier molecular flexibility index (Phi) is 8.90. The van der Waals surface area contributed by atoms with Gasteiger partial charge in [0, 0.05) is 43.1 Å². The van der Waals surface area contributed by atoms with Crippen LogP contribution in [0.4, 0.5) is 11.4 Å². The van der Waals surface area contributed by atoms with E-state index in [9.17, 15) is 9.59 Å². The predicted molar refractivity (Wildman–Crippen MR) is 147 cm³/mol. The van der Waals surface area contributed by atoms with Crippen molar-refractivity contribution in [3.8, 4) is 17.2 Å². The number of hydrogen-bond acceptors (Lipinski definition) is 7. The van der Waals surface area contributed by atoms with Crippen LogP contribution in [0.2, 0.25) is 0 Å². The lowest BCUT2D eigenvalue weighted by molar-refractivity contribution is 0.0751. The highest BCUT2D eigenvalue weighted by atomic mass is 32.1. The van der Waals surface area contributed by atoms with Crippen molar-refractivity contribution in [3.05, 3.63) is 64.4 Å². The van der Waals surface area contributed by atoms with Gasteiger partial charge in [-0.15, -0.1) is 11.3 Å². The molecule has 2 amide bonds. The van der Waals surface area contributed by atoms with Crippen LogP contribution in [-0.4, -0.2) is 62.7 Å².